The van der Waals surface area contributed by atoms with Crippen LogP contribution >= 0.6 is 0 Å². The number of nitrogens with zero attached hydrogens (tertiary/aromatic N) is 3. The number of para-hydroxylation sites is 1. The second-order valence-corrected chi connectivity index (χ2v) is 8.11. The minimum Gasteiger partial charge on any atom is -0.332 e. The van der Waals surface area contributed by atoms with Crippen LogP contribution in [0.4, 0.5) is 5.69 Å². The molecule has 0 radical (unpaired) electrons. The summed E-state index contributed by atoms with van der Waals surface area (Å²) in [6, 6.07) is 10.1. The van der Waals surface area contributed by atoms with Crippen molar-refractivity contribution in [3.05, 3.63) is 30.3 Å². The van der Waals surface area contributed by atoms with Crippen molar-refractivity contribution in [1.29, 1.82) is 0 Å². The Morgan fingerprint density at radius 2 is 1.67 bits per heavy atom. The van der Waals surface area contributed by atoms with Crippen LogP contribution in [0.5, 0.6) is 0 Å². The van der Waals surface area contributed by atoms with Gasteiger partial charge in [-0.05, 0) is 56.6 Å². The lowest BCUT2D eigenvalue weighted by Crippen LogP contribution is -2.48. The first-order valence-corrected chi connectivity index (χ1v) is 10.5. The second-order valence-electron chi connectivity index (χ2n) is 8.11. The van der Waals surface area contributed by atoms with E-state index in [9.17, 15) is 9.59 Å². The molecule has 0 saturated heterocycles. The summed E-state index contributed by atoms with van der Waals surface area (Å²) in [7, 11) is 0. The molecule has 1 heterocycles. The highest BCUT2D eigenvalue weighted by atomic mass is 16.2. The van der Waals surface area contributed by atoms with Gasteiger partial charge in [-0.1, -0.05) is 31.5 Å². The van der Waals surface area contributed by atoms with Gasteiger partial charge in [-0.3, -0.25) is 9.59 Å². The molecular formula is C22H29N3O2. The van der Waals surface area contributed by atoms with Crippen LogP contribution in [0.25, 0.3) is 0 Å². The monoisotopic (exact) mass is 367 g/mol. The average Bonchev–Trinajstić information content (AvgIpc) is 3.54. The Morgan fingerprint density at radius 3 is 2.26 bits per heavy atom. The first-order valence-electron chi connectivity index (χ1n) is 10.5. The van der Waals surface area contributed by atoms with Crippen molar-refractivity contribution < 1.29 is 9.59 Å². The van der Waals surface area contributed by atoms with E-state index >= 15 is 0 Å². The zero-order valence-electron chi connectivity index (χ0n) is 16.1. The third-order valence-corrected chi connectivity index (χ3v) is 6.24. The summed E-state index contributed by atoms with van der Waals surface area (Å²) >= 11 is 0. The number of anilines is 1. The molecule has 1 aromatic rings. The summed E-state index contributed by atoms with van der Waals surface area (Å²) in [6.45, 7) is 2.26. The molecule has 0 spiro atoms. The van der Waals surface area contributed by atoms with Crippen molar-refractivity contribution in [3.8, 4) is 0 Å². The highest BCUT2D eigenvalue weighted by molar-refractivity contribution is 6.40. The summed E-state index contributed by atoms with van der Waals surface area (Å²) in [5.74, 6) is 0.834. The normalized spacial score (nSPS) is 25.9. The second kappa shape index (κ2) is 7.83. The smallest absolute Gasteiger partial charge is 0.270 e. The third kappa shape index (κ3) is 3.92. The largest absolute Gasteiger partial charge is 0.332 e. The van der Waals surface area contributed by atoms with Gasteiger partial charge >= 0.3 is 0 Å². The molecule has 0 atom stereocenters. The zero-order valence-corrected chi connectivity index (χ0v) is 16.1. The Bertz CT molecular complexity index is 718. The van der Waals surface area contributed by atoms with E-state index in [2.05, 4.69) is 16.9 Å². The summed E-state index contributed by atoms with van der Waals surface area (Å²) in [5.41, 5.74) is 1.27. The van der Waals surface area contributed by atoms with Crippen molar-refractivity contribution in [2.75, 3.05) is 5.01 Å². The molecule has 0 aromatic heterocycles. The zero-order chi connectivity index (χ0) is 18.8. The van der Waals surface area contributed by atoms with Crippen LogP contribution in [-0.4, -0.2) is 34.5 Å². The number of hydrogen-bond donors (Lipinski definition) is 0. The molecular weight excluding hydrogens is 338 g/mol. The molecule has 3 aliphatic rings. The number of benzene rings is 1. The van der Waals surface area contributed by atoms with Crippen molar-refractivity contribution in [3.63, 3.8) is 0 Å². The van der Waals surface area contributed by atoms with E-state index < -0.39 is 0 Å². The molecule has 0 unspecified atom stereocenters. The van der Waals surface area contributed by atoms with Crippen LogP contribution in [0, 0.1) is 5.92 Å². The Labute approximate surface area is 161 Å². The molecule has 144 valence electrons. The maximum Gasteiger partial charge on any atom is 0.270 e. The minimum absolute atomic E-state index is 0.0424. The van der Waals surface area contributed by atoms with Crippen LogP contribution < -0.4 is 5.01 Å². The van der Waals surface area contributed by atoms with E-state index in [1.165, 1.54) is 24.3 Å². The highest BCUT2D eigenvalue weighted by Gasteiger charge is 2.41. The fraction of sp³-hybridized carbons (Fsp3) is 0.591. The third-order valence-electron chi connectivity index (χ3n) is 6.24. The van der Waals surface area contributed by atoms with Crippen LogP contribution in [-0.2, 0) is 9.59 Å². The van der Waals surface area contributed by atoms with Crippen LogP contribution in [0.3, 0.4) is 0 Å². The van der Waals surface area contributed by atoms with Gasteiger partial charge in [0.05, 0.1) is 5.69 Å². The van der Waals surface area contributed by atoms with Gasteiger partial charge in [0, 0.05) is 24.9 Å². The van der Waals surface area contributed by atoms with Gasteiger partial charge < -0.3 is 4.90 Å². The summed E-state index contributed by atoms with van der Waals surface area (Å²) < 4.78 is 0. The van der Waals surface area contributed by atoms with Crippen molar-refractivity contribution in [1.82, 2.24) is 4.90 Å². The lowest BCUT2D eigenvalue weighted by molar-refractivity contribution is -0.128. The van der Waals surface area contributed by atoms with Gasteiger partial charge in [0.15, 0.2) is 0 Å². The maximum absolute atomic E-state index is 13.4. The van der Waals surface area contributed by atoms with E-state index in [-0.39, 0.29) is 11.8 Å². The van der Waals surface area contributed by atoms with E-state index in [4.69, 9.17) is 0 Å². The van der Waals surface area contributed by atoms with E-state index in [0.29, 0.717) is 30.6 Å². The fourth-order valence-electron chi connectivity index (χ4n) is 4.44. The lowest BCUT2D eigenvalue weighted by Gasteiger charge is -2.38. The first kappa shape index (κ1) is 18.2. The molecule has 27 heavy (non-hydrogen) atoms. The minimum atomic E-state index is -0.0424. The molecule has 5 nitrogen and oxygen atoms in total. The van der Waals surface area contributed by atoms with Crippen molar-refractivity contribution in [2.24, 2.45) is 11.0 Å². The van der Waals surface area contributed by atoms with Crippen LogP contribution in [0.2, 0.25) is 0 Å². The Hall–Kier alpha value is -2.17. The Morgan fingerprint density at radius 1 is 1.04 bits per heavy atom. The number of carbonyl (C=O) groups excluding carboxylic acids is 2. The quantitative estimate of drug-likeness (QED) is 0.786. The molecule has 0 N–H and O–H groups in total. The average molecular weight is 367 g/mol. The molecule has 1 aromatic carbocycles. The van der Waals surface area contributed by atoms with Crippen LogP contribution in [0.15, 0.2) is 35.4 Å². The number of carbonyl (C=O) groups is 2. The molecule has 4 rings (SSSR count). The topological polar surface area (TPSA) is 53.0 Å². The van der Waals surface area contributed by atoms with Gasteiger partial charge in [0.2, 0.25) is 5.91 Å². The summed E-state index contributed by atoms with van der Waals surface area (Å²) in [4.78, 5) is 27.8. The Kier molecular flexibility index (Phi) is 5.28. The molecule has 2 saturated carbocycles. The first-order chi connectivity index (χ1) is 13.2. The van der Waals surface area contributed by atoms with Gasteiger partial charge in [-0.2, -0.15) is 5.10 Å². The van der Waals surface area contributed by atoms with Gasteiger partial charge in [0.25, 0.3) is 5.91 Å². The predicted octanol–water partition coefficient (Wildman–Crippen LogP) is 4.13. The number of rotatable bonds is 5. The lowest BCUT2D eigenvalue weighted by atomic mass is 9.83. The van der Waals surface area contributed by atoms with Gasteiger partial charge in [0.1, 0.15) is 5.71 Å². The number of hydrazone groups is 1. The number of hydrogen-bond acceptors (Lipinski definition) is 3. The maximum atomic E-state index is 13.4. The summed E-state index contributed by atoms with van der Waals surface area (Å²) in [5, 5.41) is 5.91. The van der Waals surface area contributed by atoms with E-state index in [0.717, 1.165) is 37.3 Å². The Balaban J connectivity index is 1.53. The molecule has 2 fully saturated rings. The molecule has 1 aliphatic heterocycles. The van der Waals surface area contributed by atoms with Gasteiger partial charge in [-0.15, -0.1) is 0 Å². The van der Waals surface area contributed by atoms with E-state index in [1.807, 2.05) is 30.3 Å². The number of amides is 2. The molecule has 2 aliphatic carbocycles. The molecule has 2 amide bonds. The molecule has 5 heteroatoms. The highest BCUT2D eigenvalue weighted by Crippen LogP contribution is 2.36. The fourth-order valence-corrected chi connectivity index (χ4v) is 4.44. The predicted molar refractivity (Wildman–Crippen MR) is 107 cm³/mol. The SMILES string of the molecule is CCC1CCC(N(C(=O)C2=NN(c3ccccc3)C(=O)CC2)C2CC2)CC1. The summed E-state index contributed by atoms with van der Waals surface area (Å²) in [6.07, 6.45) is 8.91. The van der Waals surface area contributed by atoms with Gasteiger partial charge in [-0.25, -0.2) is 5.01 Å². The van der Waals surface area contributed by atoms with E-state index in [1.54, 1.807) is 0 Å². The standard InChI is InChI=1S/C22H29N3O2/c1-2-16-8-10-17(11-9-16)24(18-12-13-18)22(27)20-14-15-21(26)25(23-20)19-6-4-3-5-7-19/h3-7,16-18H,2,8-15H2,1H3. The molecule has 0 bridgehead atoms. The van der Waals surface area contributed by atoms with Crippen LogP contribution in [0.1, 0.15) is 64.7 Å². The van der Waals surface area contributed by atoms with Crippen molar-refractivity contribution >= 4 is 23.2 Å². The van der Waals surface area contributed by atoms with Crippen molar-refractivity contribution in [2.45, 2.75) is 76.8 Å².